The van der Waals surface area contributed by atoms with Gasteiger partial charge < -0.3 is 20.6 Å². The molecule has 0 saturated carbocycles. The minimum Gasteiger partial charge on any atom is -0.502 e. The van der Waals surface area contributed by atoms with Gasteiger partial charge in [0.2, 0.25) is 5.75 Å². The van der Waals surface area contributed by atoms with E-state index in [-0.39, 0.29) is 17.9 Å². The minimum absolute atomic E-state index is 0.261. The number of ether oxygens (including phenoxy) is 1. The molecule has 0 radical (unpaired) electrons. The molecule has 1 saturated heterocycles. The van der Waals surface area contributed by atoms with Gasteiger partial charge in [-0.1, -0.05) is 36.1 Å². The molecular formula is C25H26N4O3. The number of aromatic hydroxyl groups is 1. The van der Waals surface area contributed by atoms with Gasteiger partial charge in [-0.05, 0) is 35.4 Å². The van der Waals surface area contributed by atoms with Gasteiger partial charge in [-0.25, -0.2) is 4.98 Å². The maximum absolute atomic E-state index is 11.5. The van der Waals surface area contributed by atoms with Crippen LogP contribution in [0.5, 0.6) is 5.75 Å². The number of hydrogen-bond acceptors (Lipinski definition) is 6. The van der Waals surface area contributed by atoms with Crippen molar-refractivity contribution in [1.29, 1.82) is 0 Å². The van der Waals surface area contributed by atoms with Crippen molar-refractivity contribution < 1.29 is 9.84 Å². The molecule has 32 heavy (non-hydrogen) atoms. The van der Waals surface area contributed by atoms with Gasteiger partial charge in [-0.3, -0.25) is 9.69 Å². The van der Waals surface area contributed by atoms with Gasteiger partial charge in [-0.2, -0.15) is 0 Å². The number of aromatic amines is 1. The second kappa shape index (κ2) is 10.2. The highest BCUT2D eigenvalue weighted by Gasteiger charge is 2.13. The van der Waals surface area contributed by atoms with Crippen LogP contribution in [0.4, 0.5) is 0 Å². The van der Waals surface area contributed by atoms with Crippen molar-refractivity contribution in [1.82, 2.24) is 14.9 Å². The third-order valence-corrected chi connectivity index (χ3v) is 5.47. The molecule has 1 aromatic heterocycles. The molecule has 1 aliphatic rings. The lowest BCUT2D eigenvalue weighted by atomic mass is 10.0. The van der Waals surface area contributed by atoms with E-state index < -0.39 is 11.6 Å². The van der Waals surface area contributed by atoms with Crippen LogP contribution in [0.2, 0.25) is 0 Å². The van der Waals surface area contributed by atoms with E-state index in [9.17, 15) is 9.90 Å². The van der Waals surface area contributed by atoms with Crippen LogP contribution in [-0.4, -0.2) is 46.3 Å². The molecule has 1 aliphatic heterocycles. The fraction of sp³-hybridized carbons (Fsp3) is 0.280. The summed E-state index contributed by atoms with van der Waals surface area (Å²) in [6.07, 6.45) is 1.52. The molecule has 0 spiro atoms. The summed E-state index contributed by atoms with van der Waals surface area (Å²) in [7, 11) is 0. The second-order valence-corrected chi connectivity index (χ2v) is 7.80. The molecule has 1 fully saturated rings. The van der Waals surface area contributed by atoms with Gasteiger partial charge in [0.05, 0.1) is 25.2 Å². The predicted octanol–water partition coefficient (Wildman–Crippen LogP) is 1.95. The van der Waals surface area contributed by atoms with Crippen LogP contribution in [0, 0.1) is 11.8 Å². The van der Waals surface area contributed by atoms with Gasteiger partial charge in [0.25, 0.3) is 5.56 Å². The topological polar surface area (TPSA) is 104 Å². The number of hydrogen-bond donors (Lipinski definition) is 3. The predicted molar refractivity (Wildman–Crippen MR) is 122 cm³/mol. The zero-order chi connectivity index (χ0) is 22.3. The molecule has 0 aliphatic carbocycles. The van der Waals surface area contributed by atoms with Crippen LogP contribution in [0.3, 0.4) is 0 Å². The van der Waals surface area contributed by atoms with Gasteiger partial charge in [0, 0.05) is 43.2 Å². The highest BCUT2D eigenvalue weighted by atomic mass is 16.5. The summed E-state index contributed by atoms with van der Waals surface area (Å²) in [5.41, 5.74) is 9.95. The number of nitrogens with one attached hydrogen (secondary N) is 1. The first kappa shape index (κ1) is 21.8. The maximum Gasteiger partial charge on any atom is 0.293 e. The van der Waals surface area contributed by atoms with Gasteiger partial charge in [0.15, 0.2) is 0 Å². The summed E-state index contributed by atoms with van der Waals surface area (Å²) in [5.74, 6) is 5.99. The smallest absolute Gasteiger partial charge is 0.293 e. The van der Waals surface area contributed by atoms with Crippen LogP contribution in [0.25, 0.3) is 0 Å². The average Bonchev–Trinajstić information content (AvgIpc) is 2.82. The third kappa shape index (κ3) is 5.62. The SMILES string of the molecule is NC(Cc1nc[nH]c(=O)c1O)c1ccc(C#Cc2ccc(CN3CCOCC3)cc2)cc1. The standard InChI is InChI=1S/C25H26N4O3/c26-22(15-23-24(30)25(31)28-17-27-23)21-9-7-19(8-10-21)2-1-18-3-5-20(6-4-18)16-29-11-13-32-14-12-29/h3-10,17,22,30H,11-16,26H2,(H,27,28,31). The molecule has 7 nitrogen and oxygen atoms in total. The van der Waals surface area contributed by atoms with Crippen LogP contribution >= 0.6 is 0 Å². The fourth-order valence-electron chi connectivity index (χ4n) is 3.57. The number of nitrogens with two attached hydrogens (primary N) is 1. The number of benzene rings is 2. The van der Waals surface area contributed by atoms with Gasteiger partial charge >= 0.3 is 0 Å². The Morgan fingerprint density at radius 3 is 2.34 bits per heavy atom. The first-order valence-corrected chi connectivity index (χ1v) is 10.6. The number of nitrogens with zero attached hydrogens (tertiary/aromatic N) is 2. The van der Waals surface area contributed by atoms with Crippen LogP contribution < -0.4 is 11.3 Å². The molecule has 0 bridgehead atoms. The molecule has 7 heteroatoms. The van der Waals surface area contributed by atoms with Crippen molar-refractivity contribution in [3.63, 3.8) is 0 Å². The molecule has 1 atom stereocenters. The summed E-state index contributed by atoms with van der Waals surface area (Å²) >= 11 is 0. The van der Waals surface area contributed by atoms with E-state index in [1.165, 1.54) is 11.9 Å². The summed E-state index contributed by atoms with van der Waals surface area (Å²) in [6.45, 7) is 4.49. The Morgan fingerprint density at radius 2 is 1.69 bits per heavy atom. The maximum atomic E-state index is 11.5. The molecule has 4 N–H and O–H groups in total. The fourth-order valence-corrected chi connectivity index (χ4v) is 3.57. The lowest BCUT2D eigenvalue weighted by molar-refractivity contribution is 0.0342. The Morgan fingerprint density at radius 1 is 1.06 bits per heavy atom. The monoisotopic (exact) mass is 430 g/mol. The van der Waals surface area contributed by atoms with E-state index in [1.807, 2.05) is 36.4 Å². The molecule has 1 unspecified atom stereocenters. The van der Waals surface area contributed by atoms with Crippen molar-refractivity contribution >= 4 is 0 Å². The normalized spacial score (nSPS) is 15.0. The molecule has 164 valence electrons. The van der Waals surface area contributed by atoms with E-state index in [0.29, 0.717) is 0 Å². The molecule has 0 amide bonds. The van der Waals surface area contributed by atoms with E-state index in [4.69, 9.17) is 10.5 Å². The number of rotatable bonds is 5. The Labute approximate surface area is 186 Å². The van der Waals surface area contributed by atoms with Gasteiger partial charge in [0.1, 0.15) is 0 Å². The van der Waals surface area contributed by atoms with Crippen LogP contribution in [0.1, 0.15) is 34.0 Å². The molecule has 2 aromatic carbocycles. The van der Waals surface area contributed by atoms with Crippen molar-refractivity contribution in [2.75, 3.05) is 26.3 Å². The third-order valence-electron chi connectivity index (χ3n) is 5.47. The van der Waals surface area contributed by atoms with E-state index in [2.05, 4.69) is 38.8 Å². The number of aromatic nitrogens is 2. The Bertz CT molecular complexity index is 1150. The van der Waals surface area contributed by atoms with Crippen LogP contribution in [0.15, 0.2) is 59.7 Å². The Kier molecular flexibility index (Phi) is 6.97. The van der Waals surface area contributed by atoms with Crippen molar-refractivity contribution in [3.8, 4) is 17.6 Å². The molecule has 2 heterocycles. The second-order valence-electron chi connectivity index (χ2n) is 7.80. The summed E-state index contributed by atoms with van der Waals surface area (Å²) in [4.78, 5) is 20.2. The number of H-pyrrole nitrogens is 1. The largest absolute Gasteiger partial charge is 0.502 e. The van der Waals surface area contributed by atoms with E-state index in [0.717, 1.165) is 49.5 Å². The highest BCUT2D eigenvalue weighted by Crippen LogP contribution is 2.18. The average molecular weight is 431 g/mol. The Balaban J connectivity index is 1.36. The van der Waals surface area contributed by atoms with Gasteiger partial charge in [-0.15, -0.1) is 0 Å². The molecule has 4 rings (SSSR count). The van der Waals surface area contributed by atoms with Crippen molar-refractivity contribution in [2.24, 2.45) is 5.73 Å². The number of morpholine rings is 1. The van der Waals surface area contributed by atoms with E-state index in [1.54, 1.807) is 0 Å². The quantitative estimate of drug-likeness (QED) is 0.535. The minimum atomic E-state index is -0.568. The zero-order valence-electron chi connectivity index (χ0n) is 17.8. The van der Waals surface area contributed by atoms with Crippen molar-refractivity contribution in [2.45, 2.75) is 19.0 Å². The summed E-state index contributed by atoms with van der Waals surface area (Å²) < 4.78 is 5.39. The zero-order valence-corrected chi connectivity index (χ0v) is 17.8. The van der Waals surface area contributed by atoms with Crippen LogP contribution in [-0.2, 0) is 17.7 Å². The Hall–Kier alpha value is -3.44. The lowest BCUT2D eigenvalue weighted by Gasteiger charge is -2.26. The lowest BCUT2D eigenvalue weighted by Crippen LogP contribution is -2.35. The molecule has 3 aromatic rings. The summed E-state index contributed by atoms with van der Waals surface area (Å²) in [6, 6.07) is 15.6. The van der Waals surface area contributed by atoms with Crippen molar-refractivity contribution in [3.05, 3.63) is 93.2 Å². The summed E-state index contributed by atoms with van der Waals surface area (Å²) in [5, 5.41) is 9.83. The highest BCUT2D eigenvalue weighted by molar-refractivity contribution is 5.44. The molecular weight excluding hydrogens is 404 g/mol. The first-order chi connectivity index (χ1) is 15.6. The van der Waals surface area contributed by atoms with E-state index >= 15 is 0 Å². The first-order valence-electron chi connectivity index (χ1n) is 10.6.